The molecule has 1 fully saturated rings. The van der Waals surface area contributed by atoms with E-state index in [9.17, 15) is 9.46 Å². The largest absolute Gasteiger partial charge is 0.756 e. The molecule has 1 saturated carbocycles. The molecule has 0 bridgehead atoms. The minimum atomic E-state index is -4.11. The van der Waals surface area contributed by atoms with Crippen molar-refractivity contribution < 1.29 is 23.0 Å². The van der Waals surface area contributed by atoms with Crippen LogP contribution in [0.1, 0.15) is 51.4 Å². The van der Waals surface area contributed by atoms with E-state index in [2.05, 4.69) is 0 Å². The second-order valence-corrected chi connectivity index (χ2v) is 8.54. The maximum atomic E-state index is 11.6. The minimum Gasteiger partial charge on any atom is -0.756 e. The zero-order valence-electron chi connectivity index (χ0n) is 13.9. The summed E-state index contributed by atoms with van der Waals surface area (Å²) in [5.41, 5.74) is 0. The number of hydrogen-bond acceptors (Lipinski definition) is 4. The fourth-order valence-electron chi connectivity index (χ4n) is 2.65. The van der Waals surface area contributed by atoms with Crippen LogP contribution in [0, 0.1) is 5.92 Å². The van der Waals surface area contributed by atoms with Gasteiger partial charge >= 0.3 is 0 Å². The molecular formula is C15H32NO4P. The fourth-order valence-corrected chi connectivity index (χ4v) is 3.38. The maximum absolute atomic E-state index is 11.6. The molecule has 1 aliphatic rings. The van der Waals surface area contributed by atoms with E-state index in [1.165, 1.54) is 38.5 Å². The van der Waals surface area contributed by atoms with Gasteiger partial charge in [0.1, 0.15) is 13.2 Å². The van der Waals surface area contributed by atoms with Crippen molar-refractivity contribution in [2.45, 2.75) is 51.4 Å². The molecule has 0 heterocycles. The molecule has 0 aliphatic heterocycles. The van der Waals surface area contributed by atoms with Crippen LogP contribution >= 0.6 is 7.82 Å². The van der Waals surface area contributed by atoms with Crippen molar-refractivity contribution >= 4 is 7.82 Å². The van der Waals surface area contributed by atoms with E-state index < -0.39 is 7.82 Å². The summed E-state index contributed by atoms with van der Waals surface area (Å²) in [6.45, 7) is 1.06. The van der Waals surface area contributed by atoms with Crippen molar-refractivity contribution in [3.05, 3.63) is 0 Å². The molecule has 1 aliphatic carbocycles. The molecule has 1 unspecified atom stereocenters. The number of hydrogen-bond donors (Lipinski definition) is 0. The molecule has 6 heteroatoms. The first-order valence-corrected chi connectivity index (χ1v) is 9.65. The first-order chi connectivity index (χ1) is 9.79. The molecule has 0 aromatic carbocycles. The second-order valence-electron chi connectivity index (χ2n) is 7.13. The lowest BCUT2D eigenvalue weighted by molar-refractivity contribution is -0.870. The molecule has 21 heavy (non-hydrogen) atoms. The van der Waals surface area contributed by atoms with Crippen LogP contribution < -0.4 is 4.89 Å². The predicted molar refractivity (Wildman–Crippen MR) is 82.8 cm³/mol. The zero-order chi connectivity index (χ0) is 15.8. The summed E-state index contributed by atoms with van der Waals surface area (Å²) in [6.07, 6.45) is 9.82. The van der Waals surface area contributed by atoms with E-state index in [0.717, 1.165) is 18.8 Å². The lowest BCUT2D eigenvalue weighted by Gasteiger charge is -2.27. The van der Waals surface area contributed by atoms with Gasteiger partial charge < -0.3 is 18.4 Å². The van der Waals surface area contributed by atoms with Crippen LogP contribution in [0.15, 0.2) is 0 Å². The van der Waals surface area contributed by atoms with Crippen molar-refractivity contribution in [3.63, 3.8) is 0 Å². The highest BCUT2D eigenvalue weighted by atomic mass is 31.2. The molecule has 0 aromatic rings. The SMILES string of the molecule is C[N+](C)(C)CCOP(=O)([O-])OCCCCC1CCCCC1. The molecule has 126 valence electrons. The summed E-state index contributed by atoms with van der Waals surface area (Å²) in [7, 11) is 1.86. The quantitative estimate of drug-likeness (QED) is 0.353. The Labute approximate surface area is 129 Å². The summed E-state index contributed by atoms with van der Waals surface area (Å²) in [5.74, 6) is 0.846. The number of nitrogens with zero attached hydrogens (tertiary/aromatic N) is 1. The van der Waals surface area contributed by atoms with Crippen molar-refractivity contribution in [3.8, 4) is 0 Å². The van der Waals surface area contributed by atoms with Gasteiger partial charge in [-0.2, -0.15) is 0 Å². The fraction of sp³-hybridized carbons (Fsp3) is 1.00. The third-order valence-corrected chi connectivity index (χ3v) is 4.99. The molecule has 1 rings (SSSR count). The summed E-state index contributed by atoms with van der Waals surface area (Å²) < 4.78 is 22.0. The Balaban J connectivity index is 2.03. The lowest BCUT2D eigenvalue weighted by Crippen LogP contribution is -2.37. The maximum Gasteiger partial charge on any atom is 0.268 e. The van der Waals surface area contributed by atoms with Crippen LogP contribution in [-0.4, -0.2) is 45.4 Å². The van der Waals surface area contributed by atoms with Gasteiger partial charge in [0.25, 0.3) is 7.82 Å². The third-order valence-electron chi connectivity index (χ3n) is 3.99. The summed E-state index contributed by atoms with van der Waals surface area (Å²) in [6, 6.07) is 0. The van der Waals surface area contributed by atoms with E-state index in [4.69, 9.17) is 9.05 Å². The standard InChI is InChI=1S/C15H32NO4P/c1-16(2,3)12-14-20-21(17,18)19-13-8-7-11-15-9-5-4-6-10-15/h15H,4-14H2,1-3H3. The summed E-state index contributed by atoms with van der Waals surface area (Å²) in [5, 5.41) is 0. The molecule has 1 atom stereocenters. The first kappa shape index (κ1) is 19.1. The summed E-state index contributed by atoms with van der Waals surface area (Å²) >= 11 is 0. The molecule has 0 aromatic heterocycles. The molecule has 5 nitrogen and oxygen atoms in total. The molecule has 0 saturated heterocycles. The van der Waals surface area contributed by atoms with Crippen LogP contribution in [0.3, 0.4) is 0 Å². The van der Waals surface area contributed by atoms with Gasteiger partial charge in [-0.1, -0.05) is 44.9 Å². The van der Waals surface area contributed by atoms with Gasteiger partial charge in [0.05, 0.1) is 27.7 Å². The minimum absolute atomic E-state index is 0.173. The van der Waals surface area contributed by atoms with E-state index in [-0.39, 0.29) is 13.2 Å². The van der Waals surface area contributed by atoms with Gasteiger partial charge in [-0.3, -0.25) is 4.57 Å². The highest BCUT2D eigenvalue weighted by Gasteiger charge is 2.14. The lowest BCUT2D eigenvalue weighted by atomic mass is 9.86. The van der Waals surface area contributed by atoms with E-state index in [0.29, 0.717) is 11.0 Å². The Kier molecular flexibility index (Phi) is 8.43. The number of unbranched alkanes of at least 4 members (excludes halogenated alkanes) is 1. The average Bonchev–Trinajstić information content (AvgIpc) is 2.37. The van der Waals surface area contributed by atoms with Crippen molar-refractivity contribution in [1.29, 1.82) is 0 Å². The number of quaternary nitrogens is 1. The predicted octanol–water partition coefficient (Wildman–Crippen LogP) is 2.94. The topological polar surface area (TPSA) is 58.6 Å². The van der Waals surface area contributed by atoms with Crippen LogP contribution in [0.5, 0.6) is 0 Å². The highest BCUT2D eigenvalue weighted by molar-refractivity contribution is 7.45. The van der Waals surface area contributed by atoms with E-state index in [1.807, 2.05) is 21.1 Å². The van der Waals surface area contributed by atoms with Crippen molar-refractivity contribution in [1.82, 2.24) is 0 Å². The molecular weight excluding hydrogens is 289 g/mol. The number of phosphoric ester groups is 1. The van der Waals surface area contributed by atoms with E-state index >= 15 is 0 Å². The normalized spacial score (nSPS) is 20.4. The molecule has 0 N–H and O–H groups in total. The van der Waals surface area contributed by atoms with Crippen LogP contribution in [0.2, 0.25) is 0 Å². The van der Waals surface area contributed by atoms with E-state index in [1.54, 1.807) is 0 Å². The highest BCUT2D eigenvalue weighted by Crippen LogP contribution is 2.38. The average molecular weight is 321 g/mol. The van der Waals surface area contributed by atoms with Gasteiger partial charge in [0.2, 0.25) is 0 Å². The summed E-state index contributed by atoms with van der Waals surface area (Å²) in [4.78, 5) is 11.6. The first-order valence-electron chi connectivity index (χ1n) is 8.19. The number of likely N-dealkylation sites (N-methyl/N-ethyl adjacent to an activating group) is 1. The van der Waals surface area contributed by atoms with Gasteiger partial charge in [0, 0.05) is 0 Å². The smallest absolute Gasteiger partial charge is 0.268 e. The Morgan fingerprint density at radius 2 is 1.67 bits per heavy atom. The van der Waals surface area contributed by atoms with Gasteiger partial charge in [-0.15, -0.1) is 0 Å². The Morgan fingerprint density at radius 1 is 1.05 bits per heavy atom. The van der Waals surface area contributed by atoms with Crippen LogP contribution in [0.25, 0.3) is 0 Å². The Morgan fingerprint density at radius 3 is 2.29 bits per heavy atom. The number of phosphoric acid groups is 1. The Hall–Kier alpha value is 0.0700. The molecule has 0 amide bonds. The second kappa shape index (κ2) is 9.26. The van der Waals surface area contributed by atoms with Crippen molar-refractivity contribution in [2.75, 3.05) is 40.9 Å². The molecule has 0 spiro atoms. The number of rotatable bonds is 10. The van der Waals surface area contributed by atoms with Crippen LogP contribution in [0.4, 0.5) is 0 Å². The zero-order valence-corrected chi connectivity index (χ0v) is 14.8. The van der Waals surface area contributed by atoms with Gasteiger partial charge in [0.15, 0.2) is 0 Å². The molecule has 0 radical (unpaired) electrons. The Bertz CT molecular complexity index is 324. The van der Waals surface area contributed by atoms with Gasteiger partial charge in [-0.05, 0) is 12.3 Å². The van der Waals surface area contributed by atoms with Crippen molar-refractivity contribution in [2.24, 2.45) is 5.92 Å². The third kappa shape index (κ3) is 10.4. The van der Waals surface area contributed by atoms with Crippen LogP contribution in [-0.2, 0) is 13.6 Å². The van der Waals surface area contributed by atoms with Gasteiger partial charge in [-0.25, -0.2) is 0 Å². The monoisotopic (exact) mass is 321 g/mol.